The fourth-order valence-electron chi connectivity index (χ4n) is 3.37. The van der Waals surface area contributed by atoms with E-state index in [0.29, 0.717) is 17.4 Å². The Kier molecular flexibility index (Phi) is 6.26. The maximum absolute atomic E-state index is 12.8. The fraction of sp³-hybridized carbons (Fsp3) is 0.381. The van der Waals surface area contributed by atoms with E-state index in [-0.39, 0.29) is 35.9 Å². The number of aromatic hydroxyl groups is 1. The molecular formula is C21H21ClN2O5. The Labute approximate surface area is 173 Å². The summed E-state index contributed by atoms with van der Waals surface area (Å²) in [6.45, 7) is 3.58. The second-order valence-electron chi connectivity index (χ2n) is 6.98. The Balaban J connectivity index is 1.92. The maximum atomic E-state index is 12.8. The first-order chi connectivity index (χ1) is 13.8. The number of halogens is 1. The van der Waals surface area contributed by atoms with Gasteiger partial charge in [0, 0.05) is 11.6 Å². The van der Waals surface area contributed by atoms with E-state index in [0.717, 1.165) is 23.0 Å². The third-order valence-corrected chi connectivity index (χ3v) is 5.41. The number of pyridine rings is 1. The van der Waals surface area contributed by atoms with E-state index in [1.165, 1.54) is 6.92 Å². The Bertz CT molecular complexity index is 1050. The summed E-state index contributed by atoms with van der Waals surface area (Å²) in [6, 6.07) is 6.84. The van der Waals surface area contributed by atoms with Gasteiger partial charge in [0.05, 0.1) is 18.2 Å². The van der Waals surface area contributed by atoms with Crippen LogP contribution in [0.1, 0.15) is 39.9 Å². The fourth-order valence-corrected chi connectivity index (χ4v) is 3.49. The van der Waals surface area contributed by atoms with Gasteiger partial charge in [0.15, 0.2) is 6.61 Å². The van der Waals surface area contributed by atoms with Gasteiger partial charge >= 0.3 is 0 Å². The number of nitriles is 1. The summed E-state index contributed by atoms with van der Waals surface area (Å²) in [7, 11) is 0. The van der Waals surface area contributed by atoms with E-state index in [1.54, 1.807) is 18.2 Å². The predicted octanol–water partition coefficient (Wildman–Crippen LogP) is 3.14. The molecule has 29 heavy (non-hydrogen) atoms. The van der Waals surface area contributed by atoms with Crippen LogP contribution >= 0.6 is 11.6 Å². The van der Waals surface area contributed by atoms with Crippen LogP contribution in [0.15, 0.2) is 23.0 Å². The average Bonchev–Trinajstić information content (AvgIpc) is 3.20. The van der Waals surface area contributed by atoms with Gasteiger partial charge in [-0.05, 0) is 56.0 Å². The molecule has 3 rings (SSSR count). The highest BCUT2D eigenvalue weighted by atomic mass is 35.5. The minimum absolute atomic E-state index is 0.0805. The third kappa shape index (κ3) is 4.29. The van der Waals surface area contributed by atoms with Crippen LogP contribution in [0.5, 0.6) is 11.6 Å². The van der Waals surface area contributed by atoms with Crippen molar-refractivity contribution in [3.63, 3.8) is 0 Å². The van der Waals surface area contributed by atoms with Crippen molar-refractivity contribution in [3.05, 3.63) is 55.8 Å². The second-order valence-corrected chi connectivity index (χ2v) is 7.39. The van der Waals surface area contributed by atoms with Gasteiger partial charge in [-0.15, -0.1) is 0 Å². The molecule has 0 spiro atoms. The first-order valence-corrected chi connectivity index (χ1v) is 9.61. The number of Topliss-reactive ketones (excluding diaryl/α,β-unsaturated/α-hetero) is 1. The Morgan fingerprint density at radius 2 is 2.21 bits per heavy atom. The molecule has 0 aliphatic carbocycles. The quantitative estimate of drug-likeness (QED) is 0.726. The smallest absolute Gasteiger partial charge is 0.271 e. The SMILES string of the molecule is Cc1cc(OCC(=O)c2c(C)c(C#N)c(=O)n(CC3CCCO3)c2O)ccc1Cl. The standard InChI is InChI=1S/C21H21ClN2O5/c1-12-8-14(5-6-17(12)22)29-11-18(25)19-13(2)16(9-23)20(26)24(21(19)27)10-15-4-3-7-28-15/h5-6,8,15,27H,3-4,7,10-11H2,1-2H3. The van der Waals surface area contributed by atoms with Crippen LogP contribution in [0.25, 0.3) is 0 Å². The lowest BCUT2D eigenvalue weighted by atomic mass is 10.0. The molecule has 1 saturated heterocycles. The lowest BCUT2D eigenvalue weighted by Gasteiger charge is -2.18. The highest BCUT2D eigenvalue weighted by molar-refractivity contribution is 6.31. The number of ketones is 1. The molecule has 152 valence electrons. The number of benzene rings is 1. The first kappa shape index (κ1) is 20.9. The number of aryl methyl sites for hydroxylation is 1. The normalized spacial score (nSPS) is 15.9. The molecule has 1 aliphatic heterocycles. The number of carbonyl (C=O) groups is 1. The lowest BCUT2D eigenvalue weighted by molar-refractivity contribution is 0.0894. The molecule has 0 bridgehead atoms. The van der Waals surface area contributed by atoms with E-state index >= 15 is 0 Å². The van der Waals surface area contributed by atoms with Gasteiger partial charge in [0.25, 0.3) is 5.56 Å². The van der Waals surface area contributed by atoms with Crippen LogP contribution < -0.4 is 10.3 Å². The molecule has 1 N–H and O–H groups in total. The molecule has 1 atom stereocenters. The number of nitrogens with zero attached hydrogens (tertiary/aromatic N) is 2. The number of hydrogen-bond donors (Lipinski definition) is 1. The van der Waals surface area contributed by atoms with Crippen molar-refractivity contribution in [2.45, 2.75) is 39.3 Å². The summed E-state index contributed by atoms with van der Waals surface area (Å²) in [6.07, 6.45) is 1.35. The molecule has 1 aromatic carbocycles. The number of carbonyl (C=O) groups excluding carboxylic acids is 1. The minimum atomic E-state index is -0.635. The minimum Gasteiger partial charge on any atom is -0.494 e. The molecular weight excluding hydrogens is 396 g/mol. The van der Waals surface area contributed by atoms with Crippen LogP contribution in [0, 0.1) is 25.2 Å². The van der Waals surface area contributed by atoms with Crippen molar-refractivity contribution in [1.29, 1.82) is 5.26 Å². The van der Waals surface area contributed by atoms with Gasteiger partial charge < -0.3 is 14.6 Å². The summed E-state index contributed by atoms with van der Waals surface area (Å²) < 4.78 is 12.1. The molecule has 1 aliphatic rings. The highest BCUT2D eigenvalue weighted by Gasteiger charge is 2.26. The average molecular weight is 417 g/mol. The molecule has 1 fully saturated rings. The zero-order valence-electron chi connectivity index (χ0n) is 16.2. The predicted molar refractivity (Wildman–Crippen MR) is 107 cm³/mol. The highest BCUT2D eigenvalue weighted by Crippen LogP contribution is 2.25. The summed E-state index contributed by atoms with van der Waals surface area (Å²) in [5, 5.41) is 20.7. The third-order valence-electron chi connectivity index (χ3n) is 4.99. The van der Waals surface area contributed by atoms with E-state index < -0.39 is 17.2 Å². The van der Waals surface area contributed by atoms with Crippen molar-refractivity contribution in [1.82, 2.24) is 4.57 Å². The number of hydrogen-bond acceptors (Lipinski definition) is 6. The van der Waals surface area contributed by atoms with Crippen LogP contribution in [-0.4, -0.2) is 34.8 Å². The molecule has 2 heterocycles. The molecule has 8 heteroatoms. The zero-order valence-corrected chi connectivity index (χ0v) is 17.0. The van der Waals surface area contributed by atoms with Gasteiger partial charge in [-0.25, -0.2) is 0 Å². The Morgan fingerprint density at radius 3 is 2.83 bits per heavy atom. The molecule has 2 aromatic rings. The van der Waals surface area contributed by atoms with Gasteiger partial charge in [-0.2, -0.15) is 5.26 Å². The maximum Gasteiger partial charge on any atom is 0.271 e. The molecule has 0 amide bonds. The second kappa shape index (κ2) is 8.68. The van der Waals surface area contributed by atoms with Crippen LogP contribution in [-0.2, 0) is 11.3 Å². The lowest BCUT2D eigenvalue weighted by Crippen LogP contribution is -2.31. The topological polar surface area (TPSA) is 102 Å². The summed E-state index contributed by atoms with van der Waals surface area (Å²) in [5.41, 5.74) is 0.0344. The van der Waals surface area contributed by atoms with Crippen LogP contribution in [0.3, 0.4) is 0 Å². The van der Waals surface area contributed by atoms with Crippen molar-refractivity contribution >= 4 is 17.4 Å². The van der Waals surface area contributed by atoms with E-state index in [9.17, 15) is 20.0 Å². The summed E-state index contributed by atoms with van der Waals surface area (Å²) in [5.74, 6) is -0.557. The molecule has 1 unspecified atom stereocenters. The van der Waals surface area contributed by atoms with Crippen LogP contribution in [0.2, 0.25) is 5.02 Å². The zero-order chi connectivity index (χ0) is 21.1. The molecule has 7 nitrogen and oxygen atoms in total. The van der Waals surface area contributed by atoms with E-state index in [1.807, 2.05) is 13.0 Å². The van der Waals surface area contributed by atoms with Gasteiger partial charge in [-0.3, -0.25) is 14.2 Å². The Hall–Kier alpha value is -2.82. The Morgan fingerprint density at radius 1 is 1.45 bits per heavy atom. The largest absolute Gasteiger partial charge is 0.494 e. The molecule has 1 aromatic heterocycles. The molecule has 0 saturated carbocycles. The van der Waals surface area contributed by atoms with E-state index in [4.69, 9.17) is 21.1 Å². The van der Waals surface area contributed by atoms with Crippen molar-refractivity contribution in [3.8, 4) is 17.7 Å². The number of rotatable bonds is 6. The number of ether oxygens (including phenoxy) is 2. The van der Waals surface area contributed by atoms with Crippen molar-refractivity contribution < 1.29 is 19.4 Å². The van der Waals surface area contributed by atoms with Crippen molar-refractivity contribution in [2.75, 3.05) is 13.2 Å². The number of aromatic nitrogens is 1. The first-order valence-electron chi connectivity index (χ1n) is 9.23. The van der Waals surface area contributed by atoms with E-state index in [2.05, 4.69) is 0 Å². The molecule has 0 radical (unpaired) electrons. The van der Waals surface area contributed by atoms with Gasteiger partial charge in [0.2, 0.25) is 11.7 Å². The van der Waals surface area contributed by atoms with Crippen molar-refractivity contribution in [2.24, 2.45) is 0 Å². The summed E-state index contributed by atoms with van der Waals surface area (Å²) >= 11 is 5.99. The monoisotopic (exact) mass is 416 g/mol. The summed E-state index contributed by atoms with van der Waals surface area (Å²) in [4.78, 5) is 25.4. The van der Waals surface area contributed by atoms with Crippen LogP contribution in [0.4, 0.5) is 0 Å². The van der Waals surface area contributed by atoms with Gasteiger partial charge in [0.1, 0.15) is 17.4 Å². The van der Waals surface area contributed by atoms with Gasteiger partial charge in [-0.1, -0.05) is 11.6 Å².